The van der Waals surface area contributed by atoms with Gasteiger partial charge in [-0.3, -0.25) is 0 Å². The third kappa shape index (κ3) is 5.58. The predicted molar refractivity (Wildman–Crippen MR) is 75.1 cm³/mol. The van der Waals surface area contributed by atoms with Gasteiger partial charge in [0, 0.05) is 12.7 Å². The molecule has 0 spiro atoms. The minimum Gasteiger partial charge on any atom is -0.388 e. The van der Waals surface area contributed by atoms with Crippen LogP contribution in [0.3, 0.4) is 0 Å². The molecule has 94 valence electrons. The van der Waals surface area contributed by atoms with Crippen molar-refractivity contribution >= 4 is 23.2 Å². The molecular weight excluding hydrogens is 232 g/mol. The number of rotatable bonds is 7. The summed E-state index contributed by atoms with van der Waals surface area (Å²) >= 11 is 4.86. The molecule has 1 rings (SSSR count). The maximum atomic E-state index is 5.51. The summed E-state index contributed by atoms with van der Waals surface area (Å²) in [4.78, 5) is 8.63. The van der Waals surface area contributed by atoms with E-state index in [2.05, 4.69) is 29.1 Å². The van der Waals surface area contributed by atoms with E-state index in [9.17, 15) is 0 Å². The second-order valence-electron chi connectivity index (χ2n) is 4.45. The highest BCUT2D eigenvalue weighted by Gasteiger charge is 2.01. The van der Waals surface area contributed by atoms with Gasteiger partial charge in [0.25, 0.3) is 0 Å². The Kier molecular flexibility index (Phi) is 5.83. The number of unbranched alkanes of at least 4 members (excludes halogenated alkanes) is 1. The Labute approximate surface area is 108 Å². The summed E-state index contributed by atoms with van der Waals surface area (Å²) in [7, 11) is 0. The van der Waals surface area contributed by atoms with Gasteiger partial charge in [0.05, 0.1) is 0 Å². The van der Waals surface area contributed by atoms with Crippen molar-refractivity contribution < 1.29 is 0 Å². The monoisotopic (exact) mass is 252 g/mol. The van der Waals surface area contributed by atoms with E-state index < -0.39 is 0 Å². The summed E-state index contributed by atoms with van der Waals surface area (Å²) in [5, 5.41) is 3.18. The van der Waals surface area contributed by atoms with Gasteiger partial charge in [0.15, 0.2) is 0 Å². The van der Waals surface area contributed by atoms with Gasteiger partial charge in [-0.25, -0.2) is 9.97 Å². The van der Waals surface area contributed by atoms with E-state index in [1.807, 2.05) is 0 Å². The highest BCUT2D eigenvalue weighted by molar-refractivity contribution is 7.80. The number of nitrogens with zero attached hydrogens (tertiary/aromatic N) is 2. The van der Waals surface area contributed by atoms with E-state index in [1.54, 1.807) is 12.3 Å². The fourth-order valence-corrected chi connectivity index (χ4v) is 1.57. The Morgan fingerprint density at radius 2 is 2.24 bits per heavy atom. The van der Waals surface area contributed by atoms with Crippen molar-refractivity contribution in [3.8, 4) is 0 Å². The molecule has 0 aliphatic heterocycles. The molecular formula is C12H20N4S. The Morgan fingerprint density at radius 1 is 1.47 bits per heavy atom. The molecule has 0 fully saturated rings. The number of hydrogen-bond acceptors (Lipinski definition) is 4. The average Bonchev–Trinajstić information content (AvgIpc) is 2.28. The lowest BCUT2D eigenvalue weighted by atomic mass is 10.1. The fraction of sp³-hybridized carbons (Fsp3) is 0.583. The molecule has 5 heteroatoms. The lowest BCUT2D eigenvalue weighted by molar-refractivity contribution is 0.544. The molecule has 0 saturated heterocycles. The Balaban J connectivity index is 2.31. The van der Waals surface area contributed by atoms with Gasteiger partial charge >= 0.3 is 0 Å². The van der Waals surface area contributed by atoms with Gasteiger partial charge in [-0.15, -0.1) is 0 Å². The number of aromatic nitrogens is 2. The van der Waals surface area contributed by atoms with Crippen LogP contribution < -0.4 is 11.1 Å². The van der Waals surface area contributed by atoms with Gasteiger partial charge in [-0.05, 0) is 18.4 Å². The third-order valence-electron chi connectivity index (χ3n) is 2.40. The molecule has 0 aromatic carbocycles. The molecule has 3 N–H and O–H groups in total. The first-order chi connectivity index (χ1) is 8.09. The van der Waals surface area contributed by atoms with Crippen LogP contribution in [0.1, 0.15) is 38.8 Å². The highest BCUT2D eigenvalue weighted by atomic mass is 32.1. The zero-order chi connectivity index (χ0) is 12.7. The summed E-state index contributed by atoms with van der Waals surface area (Å²) in [5.41, 5.74) is 6.12. The van der Waals surface area contributed by atoms with Crippen molar-refractivity contribution in [2.75, 3.05) is 11.9 Å². The lowest BCUT2D eigenvalue weighted by Gasteiger charge is -2.06. The first-order valence-electron chi connectivity index (χ1n) is 5.96. The van der Waals surface area contributed by atoms with Crippen LogP contribution >= 0.6 is 12.2 Å². The second kappa shape index (κ2) is 7.17. The van der Waals surface area contributed by atoms with Gasteiger partial charge < -0.3 is 11.1 Å². The smallest absolute Gasteiger partial charge is 0.223 e. The molecule has 1 heterocycles. The van der Waals surface area contributed by atoms with Gasteiger partial charge in [-0.1, -0.05) is 38.9 Å². The number of hydrogen-bond donors (Lipinski definition) is 2. The van der Waals surface area contributed by atoms with Gasteiger partial charge in [0.1, 0.15) is 10.7 Å². The molecule has 0 radical (unpaired) electrons. The van der Waals surface area contributed by atoms with Crippen LogP contribution in [-0.2, 0) is 0 Å². The van der Waals surface area contributed by atoms with Crippen LogP contribution in [0.15, 0.2) is 12.3 Å². The van der Waals surface area contributed by atoms with Crippen molar-refractivity contribution in [3.63, 3.8) is 0 Å². The first kappa shape index (κ1) is 13.8. The molecule has 1 aromatic heterocycles. The van der Waals surface area contributed by atoms with Crippen LogP contribution in [-0.4, -0.2) is 21.5 Å². The van der Waals surface area contributed by atoms with Crippen molar-refractivity contribution in [1.82, 2.24) is 9.97 Å². The van der Waals surface area contributed by atoms with Crippen molar-refractivity contribution in [2.45, 2.75) is 33.1 Å². The van der Waals surface area contributed by atoms with E-state index in [0.717, 1.165) is 18.9 Å². The van der Waals surface area contributed by atoms with E-state index in [4.69, 9.17) is 18.0 Å². The number of thiocarbonyl (C=S) groups is 1. The van der Waals surface area contributed by atoms with E-state index >= 15 is 0 Å². The Morgan fingerprint density at radius 3 is 2.88 bits per heavy atom. The highest BCUT2D eigenvalue weighted by Crippen LogP contribution is 2.06. The minimum absolute atomic E-state index is 0.301. The van der Waals surface area contributed by atoms with Gasteiger partial charge in [-0.2, -0.15) is 0 Å². The topological polar surface area (TPSA) is 63.8 Å². The number of nitrogens with two attached hydrogens (primary N) is 1. The Hall–Kier alpha value is -1.23. The predicted octanol–water partition coefficient (Wildman–Crippen LogP) is 2.35. The molecule has 17 heavy (non-hydrogen) atoms. The SMILES string of the molecule is CC(C)CCCCNc1nccc(C(N)=S)n1. The van der Waals surface area contributed by atoms with Crippen LogP contribution in [0.5, 0.6) is 0 Å². The minimum atomic E-state index is 0.301. The lowest BCUT2D eigenvalue weighted by Crippen LogP contribution is -2.14. The van der Waals surface area contributed by atoms with Crippen molar-refractivity contribution in [2.24, 2.45) is 11.7 Å². The summed E-state index contributed by atoms with van der Waals surface area (Å²) in [6.45, 7) is 5.36. The van der Waals surface area contributed by atoms with Crippen LogP contribution in [0.2, 0.25) is 0 Å². The van der Waals surface area contributed by atoms with Crippen LogP contribution in [0.4, 0.5) is 5.95 Å². The van der Waals surface area contributed by atoms with Crippen molar-refractivity contribution in [1.29, 1.82) is 0 Å². The molecule has 0 saturated carbocycles. The summed E-state index contributed by atoms with van der Waals surface area (Å²) in [6.07, 6.45) is 5.27. The average molecular weight is 252 g/mol. The normalized spacial score (nSPS) is 10.5. The third-order valence-corrected chi connectivity index (χ3v) is 2.61. The standard InChI is InChI=1S/C12H20N4S/c1-9(2)5-3-4-7-14-12-15-8-6-10(16-12)11(13)17/h6,8-9H,3-5,7H2,1-2H3,(H2,13,17)(H,14,15,16). The zero-order valence-corrected chi connectivity index (χ0v) is 11.3. The van der Waals surface area contributed by atoms with Crippen LogP contribution in [0.25, 0.3) is 0 Å². The Bertz CT molecular complexity index is 365. The largest absolute Gasteiger partial charge is 0.388 e. The number of anilines is 1. The first-order valence-corrected chi connectivity index (χ1v) is 6.37. The maximum absolute atomic E-state index is 5.51. The molecule has 1 aromatic rings. The molecule has 4 nitrogen and oxygen atoms in total. The summed E-state index contributed by atoms with van der Waals surface area (Å²) in [6, 6.07) is 1.71. The molecule has 0 aliphatic rings. The second-order valence-corrected chi connectivity index (χ2v) is 4.89. The molecule has 0 bridgehead atoms. The van der Waals surface area contributed by atoms with E-state index in [-0.39, 0.29) is 0 Å². The van der Waals surface area contributed by atoms with Crippen LogP contribution in [0, 0.1) is 5.92 Å². The molecule has 0 unspecified atom stereocenters. The summed E-state index contributed by atoms with van der Waals surface area (Å²) < 4.78 is 0. The summed E-state index contributed by atoms with van der Waals surface area (Å²) in [5.74, 6) is 1.36. The molecule has 0 amide bonds. The maximum Gasteiger partial charge on any atom is 0.223 e. The molecule has 0 aliphatic carbocycles. The van der Waals surface area contributed by atoms with Gasteiger partial charge in [0.2, 0.25) is 5.95 Å². The quantitative estimate of drug-likeness (QED) is 0.576. The fourth-order valence-electron chi connectivity index (χ4n) is 1.46. The zero-order valence-electron chi connectivity index (χ0n) is 10.4. The number of nitrogens with one attached hydrogen (secondary N) is 1. The van der Waals surface area contributed by atoms with Crippen molar-refractivity contribution in [3.05, 3.63) is 18.0 Å². The van der Waals surface area contributed by atoms with E-state index in [0.29, 0.717) is 16.6 Å². The van der Waals surface area contributed by atoms with E-state index in [1.165, 1.54) is 12.8 Å². The molecule has 0 atom stereocenters.